The third kappa shape index (κ3) is 6.01. The van der Waals surface area contributed by atoms with Gasteiger partial charge in [0.15, 0.2) is 0 Å². The molecule has 0 radical (unpaired) electrons. The Morgan fingerprint density at radius 3 is 2.28 bits per heavy atom. The van der Waals surface area contributed by atoms with Crippen LogP contribution in [0.15, 0.2) is 42.5 Å². The molecule has 0 unspecified atom stereocenters. The van der Waals surface area contributed by atoms with Crippen LogP contribution in [-0.2, 0) is 27.1 Å². The van der Waals surface area contributed by atoms with Crippen molar-refractivity contribution in [3.8, 4) is 0 Å². The van der Waals surface area contributed by atoms with Crippen LogP contribution in [0.3, 0.4) is 0 Å². The summed E-state index contributed by atoms with van der Waals surface area (Å²) in [7, 11) is -3.54. The van der Waals surface area contributed by atoms with Crippen molar-refractivity contribution in [1.82, 2.24) is 4.72 Å². The summed E-state index contributed by atoms with van der Waals surface area (Å²) in [6.07, 6.45) is 0. The molecule has 5 nitrogen and oxygen atoms in total. The third-order valence-electron chi connectivity index (χ3n) is 3.30. The van der Waals surface area contributed by atoms with Gasteiger partial charge in [0.1, 0.15) is 0 Å². The summed E-state index contributed by atoms with van der Waals surface area (Å²) in [5, 5.41) is 0.682. The largest absolute Gasteiger partial charge is 0.462 e. The number of hydrogen-bond donors (Lipinski definition) is 1. The molecule has 0 saturated carbocycles. The van der Waals surface area contributed by atoms with Crippen LogP contribution in [0.1, 0.15) is 28.4 Å². The van der Waals surface area contributed by atoms with Crippen molar-refractivity contribution in [2.24, 2.45) is 0 Å². The molecule has 0 aliphatic carbocycles. The monoisotopic (exact) mass is 401 g/mol. The Bertz CT molecular complexity index is 851. The van der Waals surface area contributed by atoms with Crippen LogP contribution in [0, 0.1) is 0 Å². The van der Waals surface area contributed by atoms with E-state index in [-0.39, 0.29) is 12.3 Å². The molecule has 0 amide bonds. The van der Waals surface area contributed by atoms with Crippen molar-refractivity contribution in [3.05, 3.63) is 69.2 Å². The quantitative estimate of drug-likeness (QED) is 0.716. The fourth-order valence-electron chi connectivity index (χ4n) is 2.07. The highest BCUT2D eigenvalue weighted by Gasteiger charge is 2.13. The van der Waals surface area contributed by atoms with Crippen LogP contribution in [0.4, 0.5) is 0 Å². The normalized spacial score (nSPS) is 11.3. The molecular formula is C17H17Cl2NO4S. The summed E-state index contributed by atoms with van der Waals surface area (Å²) in [6.45, 7) is 2.15. The maximum Gasteiger partial charge on any atom is 0.338 e. The summed E-state index contributed by atoms with van der Waals surface area (Å²) >= 11 is 11.7. The number of carbonyl (C=O) groups excluding carboxylic acids is 1. The Balaban J connectivity index is 1.97. The van der Waals surface area contributed by atoms with E-state index in [1.54, 1.807) is 43.3 Å². The van der Waals surface area contributed by atoms with E-state index in [1.165, 1.54) is 6.07 Å². The second kappa shape index (κ2) is 8.67. The summed E-state index contributed by atoms with van der Waals surface area (Å²) in [5.74, 6) is -0.612. The summed E-state index contributed by atoms with van der Waals surface area (Å²) in [5.41, 5.74) is 1.69. The SMILES string of the molecule is CCOC(=O)c1ccc(CNS(=O)(=O)Cc2ccc(Cl)c(Cl)c2)cc1. The number of sulfonamides is 1. The highest BCUT2D eigenvalue weighted by atomic mass is 35.5. The van der Waals surface area contributed by atoms with Crippen molar-refractivity contribution < 1.29 is 17.9 Å². The smallest absolute Gasteiger partial charge is 0.338 e. The number of benzene rings is 2. The minimum absolute atomic E-state index is 0.118. The molecular weight excluding hydrogens is 385 g/mol. The highest BCUT2D eigenvalue weighted by molar-refractivity contribution is 7.88. The molecule has 1 N–H and O–H groups in total. The van der Waals surface area contributed by atoms with Gasteiger partial charge in [0.2, 0.25) is 10.0 Å². The van der Waals surface area contributed by atoms with E-state index < -0.39 is 16.0 Å². The standard InChI is InChI=1S/C17H17Cl2NO4S/c1-2-24-17(21)14-6-3-12(4-7-14)10-20-25(22,23)11-13-5-8-15(18)16(19)9-13/h3-9,20H,2,10-11H2,1H3. The van der Waals surface area contributed by atoms with Gasteiger partial charge in [0, 0.05) is 6.54 Å². The Morgan fingerprint density at radius 1 is 1.04 bits per heavy atom. The zero-order valence-corrected chi connectivity index (χ0v) is 15.8. The highest BCUT2D eigenvalue weighted by Crippen LogP contribution is 2.23. The number of rotatable bonds is 7. The van der Waals surface area contributed by atoms with Gasteiger partial charge in [-0.15, -0.1) is 0 Å². The fourth-order valence-corrected chi connectivity index (χ4v) is 3.49. The molecule has 0 heterocycles. The van der Waals surface area contributed by atoms with Gasteiger partial charge < -0.3 is 4.74 Å². The molecule has 2 aromatic rings. The topological polar surface area (TPSA) is 72.5 Å². The van der Waals surface area contributed by atoms with E-state index in [4.69, 9.17) is 27.9 Å². The molecule has 134 valence electrons. The molecule has 2 rings (SSSR count). The van der Waals surface area contributed by atoms with Crippen LogP contribution >= 0.6 is 23.2 Å². The predicted octanol–water partition coefficient (Wildman–Crippen LogP) is 3.79. The van der Waals surface area contributed by atoms with Crippen LogP contribution in [0.5, 0.6) is 0 Å². The maximum atomic E-state index is 12.2. The summed E-state index contributed by atoms with van der Waals surface area (Å²) in [6, 6.07) is 11.2. The molecule has 8 heteroatoms. The number of hydrogen-bond acceptors (Lipinski definition) is 4. The first-order valence-corrected chi connectivity index (χ1v) is 9.89. The van der Waals surface area contributed by atoms with Crippen LogP contribution in [0.2, 0.25) is 10.0 Å². The zero-order valence-electron chi connectivity index (χ0n) is 13.5. The molecule has 0 fully saturated rings. The van der Waals surface area contributed by atoms with E-state index in [0.717, 1.165) is 5.56 Å². The van der Waals surface area contributed by atoms with Gasteiger partial charge in [-0.2, -0.15) is 0 Å². The second-order valence-corrected chi connectivity index (χ2v) is 7.87. The lowest BCUT2D eigenvalue weighted by molar-refractivity contribution is 0.0526. The van der Waals surface area contributed by atoms with E-state index in [0.29, 0.717) is 27.8 Å². The van der Waals surface area contributed by atoms with Gasteiger partial charge >= 0.3 is 5.97 Å². The average molecular weight is 402 g/mol. The molecule has 0 aliphatic heterocycles. The zero-order chi connectivity index (χ0) is 18.4. The molecule has 0 spiro atoms. The molecule has 0 bridgehead atoms. The van der Waals surface area contributed by atoms with Gasteiger partial charge in [-0.1, -0.05) is 41.4 Å². The van der Waals surface area contributed by atoms with Crippen LogP contribution in [-0.4, -0.2) is 21.0 Å². The maximum absolute atomic E-state index is 12.2. The van der Waals surface area contributed by atoms with Gasteiger partial charge in [-0.25, -0.2) is 17.9 Å². The molecule has 0 saturated heterocycles. The lowest BCUT2D eigenvalue weighted by Gasteiger charge is -2.08. The Morgan fingerprint density at radius 2 is 1.68 bits per heavy atom. The predicted molar refractivity (Wildman–Crippen MR) is 98.3 cm³/mol. The molecule has 0 aliphatic rings. The Kier molecular flexibility index (Phi) is 6.84. The van der Waals surface area contributed by atoms with E-state index in [1.807, 2.05) is 0 Å². The molecule has 2 aromatic carbocycles. The van der Waals surface area contributed by atoms with Gasteiger partial charge in [-0.05, 0) is 42.3 Å². The van der Waals surface area contributed by atoms with Crippen LogP contribution < -0.4 is 4.72 Å². The van der Waals surface area contributed by atoms with Gasteiger partial charge in [-0.3, -0.25) is 0 Å². The number of carbonyl (C=O) groups is 1. The lowest BCUT2D eigenvalue weighted by atomic mass is 10.1. The number of nitrogens with one attached hydrogen (secondary N) is 1. The van der Waals surface area contributed by atoms with E-state index in [9.17, 15) is 13.2 Å². The summed E-state index contributed by atoms with van der Waals surface area (Å²) < 4.78 is 31.7. The lowest BCUT2D eigenvalue weighted by Crippen LogP contribution is -2.24. The molecule has 0 atom stereocenters. The van der Waals surface area contributed by atoms with Gasteiger partial charge in [0.05, 0.1) is 28.0 Å². The van der Waals surface area contributed by atoms with E-state index in [2.05, 4.69) is 4.72 Å². The minimum Gasteiger partial charge on any atom is -0.462 e. The van der Waals surface area contributed by atoms with Crippen molar-refractivity contribution in [2.75, 3.05) is 6.61 Å². The fraction of sp³-hybridized carbons (Fsp3) is 0.235. The summed E-state index contributed by atoms with van der Waals surface area (Å²) in [4.78, 5) is 11.6. The first-order chi connectivity index (χ1) is 11.8. The van der Waals surface area contributed by atoms with Crippen molar-refractivity contribution in [3.63, 3.8) is 0 Å². The van der Waals surface area contributed by atoms with Gasteiger partial charge in [0.25, 0.3) is 0 Å². The first kappa shape index (κ1) is 19.7. The average Bonchev–Trinajstić information content (AvgIpc) is 2.57. The minimum atomic E-state index is -3.54. The Labute approximate surface area is 157 Å². The molecule has 0 aromatic heterocycles. The number of ether oxygens (including phenoxy) is 1. The van der Waals surface area contributed by atoms with Crippen molar-refractivity contribution in [1.29, 1.82) is 0 Å². The first-order valence-electron chi connectivity index (χ1n) is 7.48. The van der Waals surface area contributed by atoms with Crippen LogP contribution in [0.25, 0.3) is 0 Å². The third-order valence-corrected chi connectivity index (χ3v) is 5.34. The number of halogens is 2. The number of esters is 1. The van der Waals surface area contributed by atoms with E-state index >= 15 is 0 Å². The van der Waals surface area contributed by atoms with Crippen molar-refractivity contribution >= 4 is 39.2 Å². The second-order valence-electron chi connectivity index (χ2n) is 5.25. The molecule has 25 heavy (non-hydrogen) atoms. The van der Waals surface area contributed by atoms with Crippen molar-refractivity contribution in [2.45, 2.75) is 19.2 Å². The Hall–Kier alpha value is -1.60.